The van der Waals surface area contributed by atoms with Gasteiger partial charge in [0.2, 0.25) is 0 Å². The molecule has 4 nitrogen and oxygen atoms in total. The molecule has 0 aliphatic rings. The van der Waals surface area contributed by atoms with Crippen LogP contribution >= 0.6 is 35.3 Å². The summed E-state index contributed by atoms with van der Waals surface area (Å²) >= 11 is 1.67. The monoisotopic (exact) mass is 467 g/mol. The third-order valence-electron chi connectivity index (χ3n) is 2.90. The average Bonchev–Trinajstić information content (AvgIpc) is 3.03. The predicted octanol–water partition coefficient (Wildman–Crippen LogP) is 4.22. The summed E-state index contributed by atoms with van der Waals surface area (Å²) in [4.78, 5) is 5.67. The van der Waals surface area contributed by atoms with Crippen molar-refractivity contribution in [1.82, 2.24) is 10.6 Å². The van der Waals surface area contributed by atoms with E-state index in [0.717, 1.165) is 12.1 Å². The van der Waals surface area contributed by atoms with Gasteiger partial charge in [-0.2, -0.15) is 8.78 Å². The predicted molar refractivity (Wildman–Crippen MR) is 104 cm³/mol. The Morgan fingerprint density at radius 2 is 2.08 bits per heavy atom. The van der Waals surface area contributed by atoms with Crippen molar-refractivity contribution in [3.05, 3.63) is 52.2 Å². The second-order valence-corrected chi connectivity index (χ2v) is 5.69. The number of thiophene rings is 1. The summed E-state index contributed by atoms with van der Waals surface area (Å²) < 4.78 is 28.9. The Kier molecular flexibility index (Phi) is 9.62. The van der Waals surface area contributed by atoms with Crippen LogP contribution in [-0.2, 0) is 13.1 Å². The minimum absolute atomic E-state index is 0. The van der Waals surface area contributed by atoms with Gasteiger partial charge in [0, 0.05) is 11.4 Å². The van der Waals surface area contributed by atoms with E-state index in [9.17, 15) is 8.78 Å². The molecular weight excluding hydrogens is 447 g/mol. The molecule has 0 unspecified atom stereocenters. The molecule has 2 rings (SSSR count). The first-order chi connectivity index (χ1) is 11.2. The number of ether oxygens (including phenoxy) is 1. The summed E-state index contributed by atoms with van der Waals surface area (Å²) in [5.74, 6) is 0.824. The van der Waals surface area contributed by atoms with Crippen molar-refractivity contribution in [2.45, 2.75) is 26.6 Å². The maximum atomic E-state index is 12.2. The molecule has 0 aliphatic heterocycles. The maximum Gasteiger partial charge on any atom is 0.387 e. The van der Waals surface area contributed by atoms with Crippen LogP contribution in [0.25, 0.3) is 0 Å². The molecule has 0 spiro atoms. The van der Waals surface area contributed by atoms with Crippen molar-refractivity contribution < 1.29 is 13.5 Å². The molecule has 0 amide bonds. The Morgan fingerprint density at radius 3 is 2.75 bits per heavy atom. The maximum absolute atomic E-state index is 12.2. The molecular formula is C16H20F2IN3OS. The van der Waals surface area contributed by atoms with E-state index < -0.39 is 6.61 Å². The molecule has 0 saturated carbocycles. The molecule has 1 aromatic heterocycles. The van der Waals surface area contributed by atoms with Crippen molar-refractivity contribution in [2.75, 3.05) is 6.54 Å². The van der Waals surface area contributed by atoms with Gasteiger partial charge in [-0.3, -0.25) is 0 Å². The lowest BCUT2D eigenvalue weighted by molar-refractivity contribution is -0.0498. The van der Waals surface area contributed by atoms with Gasteiger partial charge in [0.25, 0.3) is 0 Å². The Bertz CT molecular complexity index is 624. The molecule has 2 aromatic rings. The lowest BCUT2D eigenvalue weighted by atomic mass is 10.2. The standard InChI is InChI=1S/C16H19F2N3OS.HI/c1-2-19-16(21-11-14-7-4-8-23-14)20-10-12-5-3-6-13(9-12)22-15(17)18;/h3-9,15H,2,10-11H2,1H3,(H2,19,20,21);1H. The number of halogens is 3. The largest absolute Gasteiger partial charge is 0.435 e. The number of hydrogen-bond donors (Lipinski definition) is 2. The molecule has 8 heteroatoms. The second kappa shape index (κ2) is 11.2. The van der Waals surface area contributed by atoms with E-state index in [1.54, 1.807) is 23.5 Å². The first kappa shape index (κ1) is 20.6. The molecule has 132 valence electrons. The van der Waals surface area contributed by atoms with Crippen molar-refractivity contribution in [1.29, 1.82) is 0 Å². The van der Waals surface area contributed by atoms with Gasteiger partial charge in [0.15, 0.2) is 5.96 Å². The van der Waals surface area contributed by atoms with Crippen molar-refractivity contribution >= 4 is 41.3 Å². The van der Waals surface area contributed by atoms with Crippen LogP contribution in [0.5, 0.6) is 5.75 Å². The van der Waals surface area contributed by atoms with Gasteiger partial charge in [-0.15, -0.1) is 35.3 Å². The smallest absolute Gasteiger partial charge is 0.387 e. The van der Waals surface area contributed by atoms with Crippen molar-refractivity contribution in [3.8, 4) is 5.75 Å². The fraction of sp³-hybridized carbons (Fsp3) is 0.312. The van der Waals surface area contributed by atoms with E-state index in [4.69, 9.17) is 0 Å². The Balaban J connectivity index is 0.00000288. The number of guanidine groups is 1. The number of alkyl halides is 2. The molecule has 2 N–H and O–H groups in total. The zero-order valence-corrected chi connectivity index (χ0v) is 16.3. The quantitative estimate of drug-likeness (QED) is 0.364. The fourth-order valence-electron chi connectivity index (χ4n) is 1.92. The normalized spacial score (nSPS) is 11.1. The van der Waals surface area contributed by atoms with E-state index in [1.165, 1.54) is 10.9 Å². The van der Waals surface area contributed by atoms with E-state index >= 15 is 0 Å². The third-order valence-corrected chi connectivity index (χ3v) is 3.77. The lowest BCUT2D eigenvalue weighted by Gasteiger charge is -2.11. The number of nitrogens with one attached hydrogen (secondary N) is 2. The van der Waals surface area contributed by atoms with Crippen LogP contribution in [0.15, 0.2) is 46.8 Å². The molecule has 0 saturated heterocycles. The number of benzene rings is 1. The first-order valence-corrected chi connectivity index (χ1v) is 8.13. The van der Waals surface area contributed by atoms with Gasteiger partial charge < -0.3 is 15.4 Å². The summed E-state index contributed by atoms with van der Waals surface area (Å²) in [5.41, 5.74) is 0.802. The van der Waals surface area contributed by atoms with Crippen molar-refractivity contribution in [3.63, 3.8) is 0 Å². The fourth-order valence-corrected chi connectivity index (χ4v) is 2.56. The third kappa shape index (κ3) is 7.43. The van der Waals surface area contributed by atoms with Crippen molar-refractivity contribution in [2.24, 2.45) is 4.99 Å². The summed E-state index contributed by atoms with van der Waals surface area (Å²) in [6, 6.07) is 10.6. The first-order valence-electron chi connectivity index (χ1n) is 7.25. The summed E-state index contributed by atoms with van der Waals surface area (Å²) in [6.45, 7) is 0.973. The lowest BCUT2D eigenvalue weighted by Crippen LogP contribution is -2.36. The zero-order chi connectivity index (χ0) is 16.5. The van der Waals surface area contributed by atoms with Gasteiger partial charge in [-0.1, -0.05) is 18.2 Å². The van der Waals surface area contributed by atoms with E-state index in [-0.39, 0.29) is 29.7 Å². The zero-order valence-electron chi connectivity index (χ0n) is 13.2. The van der Waals surface area contributed by atoms with Crippen LogP contribution in [0.1, 0.15) is 17.4 Å². The summed E-state index contributed by atoms with van der Waals surface area (Å²) in [7, 11) is 0. The average molecular weight is 467 g/mol. The Morgan fingerprint density at radius 1 is 1.25 bits per heavy atom. The number of aliphatic imine (C=N–C) groups is 1. The van der Waals surface area contributed by atoms with Crippen LogP contribution in [0.2, 0.25) is 0 Å². The number of rotatable bonds is 7. The highest BCUT2D eigenvalue weighted by molar-refractivity contribution is 14.0. The minimum Gasteiger partial charge on any atom is -0.435 e. The van der Waals surface area contributed by atoms with Gasteiger partial charge in [0.1, 0.15) is 5.75 Å². The molecule has 0 radical (unpaired) electrons. The summed E-state index contributed by atoms with van der Waals surface area (Å²) in [5, 5.41) is 8.42. The van der Waals surface area contributed by atoms with Gasteiger partial charge in [-0.25, -0.2) is 4.99 Å². The van der Waals surface area contributed by atoms with Crippen LogP contribution in [0.3, 0.4) is 0 Å². The molecule has 0 fully saturated rings. The molecule has 0 bridgehead atoms. The van der Waals surface area contributed by atoms with Gasteiger partial charge in [0.05, 0.1) is 13.1 Å². The van der Waals surface area contributed by atoms with E-state index in [2.05, 4.69) is 20.4 Å². The molecule has 0 atom stereocenters. The Labute approximate surface area is 161 Å². The molecule has 0 aliphatic carbocycles. The van der Waals surface area contributed by atoms with Crippen LogP contribution in [0.4, 0.5) is 8.78 Å². The van der Waals surface area contributed by atoms with E-state index in [1.807, 2.05) is 30.5 Å². The topological polar surface area (TPSA) is 45.7 Å². The van der Waals surface area contributed by atoms with Crippen LogP contribution < -0.4 is 15.4 Å². The highest BCUT2D eigenvalue weighted by Gasteiger charge is 2.05. The number of hydrogen-bond acceptors (Lipinski definition) is 3. The minimum atomic E-state index is -2.82. The molecule has 24 heavy (non-hydrogen) atoms. The van der Waals surface area contributed by atoms with Crippen LogP contribution in [-0.4, -0.2) is 19.1 Å². The highest BCUT2D eigenvalue weighted by atomic mass is 127. The number of nitrogens with zero attached hydrogens (tertiary/aromatic N) is 1. The molecule has 1 aromatic carbocycles. The van der Waals surface area contributed by atoms with Gasteiger partial charge in [-0.05, 0) is 36.1 Å². The second-order valence-electron chi connectivity index (χ2n) is 4.65. The highest BCUT2D eigenvalue weighted by Crippen LogP contribution is 2.16. The SMILES string of the molecule is CCNC(=NCc1cccc(OC(F)F)c1)NCc1cccs1.I. The Hall–Kier alpha value is -1.42. The van der Waals surface area contributed by atoms with E-state index in [0.29, 0.717) is 19.0 Å². The van der Waals surface area contributed by atoms with Crippen LogP contribution in [0, 0.1) is 0 Å². The van der Waals surface area contributed by atoms with Gasteiger partial charge >= 0.3 is 6.61 Å². The molecule has 1 heterocycles. The summed E-state index contributed by atoms with van der Waals surface area (Å²) in [6.07, 6.45) is 0.